The molecule has 3 saturated heterocycles. The third-order valence-corrected chi connectivity index (χ3v) is 7.61. The normalized spacial score (nSPS) is 24.1. The van der Waals surface area contributed by atoms with Crippen LogP contribution in [0.2, 0.25) is 0 Å². The van der Waals surface area contributed by atoms with Gasteiger partial charge >= 0.3 is 0 Å². The fraction of sp³-hybridized carbons (Fsp3) is 0.556. The molecular formula is C27H38N6. The van der Waals surface area contributed by atoms with E-state index >= 15 is 0 Å². The first-order chi connectivity index (χ1) is 16.3. The van der Waals surface area contributed by atoms with E-state index in [0.717, 1.165) is 57.0 Å². The molecule has 2 aromatic rings. The maximum atomic E-state index is 4.64. The quantitative estimate of drug-likeness (QED) is 0.560. The Hall–Kier alpha value is -2.60. The Morgan fingerprint density at radius 2 is 1.85 bits per heavy atom. The number of benzene rings is 1. The fourth-order valence-corrected chi connectivity index (χ4v) is 5.92. The summed E-state index contributed by atoms with van der Waals surface area (Å²) in [5.41, 5.74) is 2.71. The van der Waals surface area contributed by atoms with Crippen LogP contribution in [0.15, 0.2) is 53.7 Å². The van der Waals surface area contributed by atoms with Crippen molar-refractivity contribution in [2.24, 2.45) is 10.9 Å². The number of hydrogen-bond acceptors (Lipinski definition) is 4. The van der Waals surface area contributed by atoms with Crippen LogP contribution in [0.25, 0.3) is 0 Å². The Bertz CT molecular complexity index is 923. The van der Waals surface area contributed by atoms with Crippen molar-refractivity contribution in [2.45, 2.75) is 51.2 Å². The molecule has 33 heavy (non-hydrogen) atoms. The number of anilines is 1. The third kappa shape index (κ3) is 5.32. The van der Waals surface area contributed by atoms with Crippen LogP contribution in [0.4, 0.5) is 5.82 Å². The van der Waals surface area contributed by atoms with Crippen molar-refractivity contribution in [3.63, 3.8) is 0 Å². The number of likely N-dealkylation sites (tertiary alicyclic amines) is 2. The molecule has 6 heteroatoms. The van der Waals surface area contributed by atoms with Gasteiger partial charge in [-0.15, -0.1) is 0 Å². The van der Waals surface area contributed by atoms with Crippen LogP contribution < -0.4 is 10.2 Å². The van der Waals surface area contributed by atoms with E-state index in [9.17, 15) is 0 Å². The minimum absolute atomic E-state index is 0.691. The number of nitrogens with zero attached hydrogens (tertiary/aromatic N) is 5. The van der Waals surface area contributed by atoms with Crippen LogP contribution in [0.3, 0.4) is 0 Å². The summed E-state index contributed by atoms with van der Waals surface area (Å²) in [6, 6.07) is 16.0. The molecule has 6 nitrogen and oxygen atoms in total. The molecule has 2 atom stereocenters. The smallest absolute Gasteiger partial charge is 0.193 e. The number of rotatable bonds is 5. The van der Waals surface area contributed by atoms with Gasteiger partial charge in [-0.1, -0.05) is 30.3 Å². The van der Waals surface area contributed by atoms with E-state index in [1.807, 2.05) is 13.2 Å². The van der Waals surface area contributed by atoms with Gasteiger partial charge in [0.05, 0.1) is 0 Å². The van der Waals surface area contributed by atoms with E-state index in [1.54, 1.807) is 0 Å². The molecule has 0 spiro atoms. The zero-order chi connectivity index (χ0) is 22.5. The maximum absolute atomic E-state index is 4.64. The summed E-state index contributed by atoms with van der Waals surface area (Å²) in [5.74, 6) is 2.87. The maximum Gasteiger partial charge on any atom is 0.193 e. The molecule has 4 heterocycles. The SMILES string of the molecule is CN=C(NCc1ccnc(N2CCCC2)c1)N1CCC2C(CCCN2Cc2ccccc2)C1. The number of aliphatic imine (C=N–C) groups is 1. The average Bonchev–Trinajstić information content (AvgIpc) is 3.41. The average molecular weight is 447 g/mol. The summed E-state index contributed by atoms with van der Waals surface area (Å²) < 4.78 is 0. The van der Waals surface area contributed by atoms with Gasteiger partial charge in [0.2, 0.25) is 0 Å². The summed E-state index contributed by atoms with van der Waals surface area (Å²) in [6.07, 6.45) is 8.33. The monoisotopic (exact) mass is 446 g/mol. The summed E-state index contributed by atoms with van der Waals surface area (Å²) in [5, 5.41) is 3.64. The van der Waals surface area contributed by atoms with Gasteiger partial charge in [-0.25, -0.2) is 4.98 Å². The molecule has 3 aliphatic rings. The standard InChI is InChI=1S/C27H38N6/c1-28-27(30-19-23-11-13-29-26(18-23)31-14-5-6-15-31)33-17-12-25-24(21-33)10-7-16-32(25)20-22-8-3-2-4-9-22/h2-4,8-9,11,13,18,24-25H,5-7,10,12,14-17,19-21H2,1H3,(H,28,30). The molecule has 1 aromatic carbocycles. The van der Waals surface area contributed by atoms with Crippen molar-refractivity contribution in [3.05, 3.63) is 59.8 Å². The highest BCUT2D eigenvalue weighted by Crippen LogP contribution is 2.31. The number of nitrogens with one attached hydrogen (secondary N) is 1. The largest absolute Gasteiger partial charge is 0.357 e. The highest BCUT2D eigenvalue weighted by Gasteiger charge is 2.36. The van der Waals surface area contributed by atoms with E-state index in [-0.39, 0.29) is 0 Å². The molecule has 1 aromatic heterocycles. The van der Waals surface area contributed by atoms with E-state index in [4.69, 9.17) is 0 Å². The molecule has 176 valence electrons. The number of hydrogen-bond donors (Lipinski definition) is 1. The van der Waals surface area contributed by atoms with Crippen LogP contribution in [0, 0.1) is 5.92 Å². The van der Waals surface area contributed by atoms with Gasteiger partial charge in [-0.2, -0.15) is 0 Å². The van der Waals surface area contributed by atoms with Crippen molar-refractivity contribution in [1.82, 2.24) is 20.1 Å². The molecule has 0 aliphatic carbocycles. The number of pyridine rings is 1. The molecule has 3 aliphatic heterocycles. The van der Waals surface area contributed by atoms with Gasteiger partial charge in [-0.05, 0) is 67.8 Å². The predicted molar refractivity (Wildman–Crippen MR) is 135 cm³/mol. The predicted octanol–water partition coefficient (Wildman–Crippen LogP) is 3.74. The first-order valence-electron chi connectivity index (χ1n) is 12.7. The lowest BCUT2D eigenvalue weighted by molar-refractivity contribution is 0.0372. The van der Waals surface area contributed by atoms with Gasteiger partial charge in [0.25, 0.3) is 0 Å². The zero-order valence-electron chi connectivity index (χ0n) is 20.0. The van der Waals surface area contributed by atoms with Crippen molar-refractivity contribution < 1.29 is 0 Å². The molecule has 5 rings (SSSR count). The van der Waals surface area contributed by atoms with Gasteiger partial charge in [0.1, 0.15) is 5.82 Å². The van der Waals surface area contributed by atoms with Gasteiger partial charge in [0.15, 0.2) is 5.96 Å². The van der Waals surface area contributed by atoms with Crippen LogP contribution >= 0.6 is 0 Å². The molecule has 0 saturated carbocycles. The van der Waals surface area contributed by atoms with E-state index in [2.05, 4.69) is 72.5 Å². The second-order valence-corrected chi connectivity index (χ2v) is 9.78. The second-order valence-electron chi connectivity index (χ2n) is 9.78. The lowest BCUT2D eigenvalue weighted by Crippen LogP contribution is -2.56. The summed E-state index contributed by atoms with van der Waals surface area (Å²) in [7, 11) is 1.92. The lowest BCUT2D eigenvalue weighted by atomic mass is 9.83. The van der Waals surface area contributed by atoms with E-state index in [0.29, 0.717) is 6.04 Å². The Labute approximate surface area is 198 Å². The minimum atomic E-state index is 0.691. The topological polar surface area (TPSA) is 47.0 Å². The number of piperidine rings is 2. The summed E-state index contributed by atoms with van der Waals surface area (Å²) >= 11 is 0. The molecule has 0 bridgehead atoms. The van der Waals surface area contributed by atoms with Crippen molar-refractivity contribution >= 4 is 11.8 Å². The van der Waals surface area contributed by atoms with E-state index in [1.165, 1.54) is 49.8 Å². The molecule has 0 amide bonds. The van der Waals surface area contributed by atoms with Crippen molar-refractivity contribution in [1.29, 1.82) is 0 Å². The fourth-order valence-electron chi connectivity index (χ4n) is 5.92. The number of fused-ring (bicyclic) bond motifs is 1. The first kappa shape index (κ1) is 22.2. The number of guanidine groups is 1. The van der Waals surface area contributed by atoms with Crippen LogP contribution in [0.5, 0.6) is 0 Å². The highest BCUT2D eigenvalue weighted by molar-refractivity contribution is 5.80. The van der Waals surface area contributed by atoms with Gasteiger partial charge in [-0.3, -0.25) is 9.89 Å². The Morgan fingerprint density at radius 3 is 2.67 bits per heavy atom. The molecule has 3 fully saturated rings. The lowest BCUT2D eigenvalue weighted by Gasteiger charge is -2.48. The van der Waals surface area contributed by atoms with Crippen LogP contribution in [-0.2, 0) is 13.1 Å². The second kappa shape index (κ2) is 10.6. The van der Waals surface area contributed by atoms with Crippen LogP contribution in [0.1, 0.15) is 43.2 Å². The van der Waals surface area contributed by atoms with Gasteiger partial charge < -0.3 is 15.1 Å². The van der Waals surface area contributed by atoms with Crippen molar-refractivity contribution in [2.75, 3.05) is 44.7 Å². The summed E-state index contributed by atoms with van der Waals surface area (Å²) in [6.45, 7) is 7.53. The third-order valence-electron chi connectivity index (χ3n) is 7.61. The first-order valence-corrected chi connectivity index (χ1v) is 12.7. The number of aromatic nitrogens is 1. The molecule has 2 unspecified atom stereocenters. The Kier molecular flexibility index (Phi) is 7.10. The van der Waals surface area contributed by atoms with E-state index < -0.39 is 0 Å². The summed E-state index contributed by atoms with van der Waals surface area (Å²) in [4.78, 5) is 16.8. The van der Waals surface area contributed by atoms with Crippen molar-refractivity contribution in [3.8, 4) is 0 Å². The molecular weight excluding hydrogens is 408 g/mol. The molecule has 1 N–H and O–H groups in total. The van der Waals surface area contributed by atoms with Crippen LogP contribution in [-0.4, -0.2) is 66.6 Å². The van der Waals surface area contributed by atoms with Gasteiger partial charge in [0, 0.05) is 58.6 Å². The molecule has 0 radical (unpaired) electrons. The zero-order valence-corrected chi connectivity index (χ0v) is 20.0. The minimum Gasteiger partial charge on any atom is -0.357 e. The Balaban J connectivity index is 1.17. The highest BCUT2D eigenvalue weighted by atomic mass is 15.3. The Morgan fingerprint density at radius 1 is 1.00 bits per heavy atom.